The highest BCUT2D eigenvalue weighted by Gasteiger charge is 2.29. The van der Waals surface area contributed by atoms with Crippen LogP contribution < -0.4 is 0 Å². The molecule has 0 aromatic heterocycles. The van der Waals surface area contributed by atoms with Crippen molar-refractivity contribution >= 4 is 0 Å². The van der Waals surface area contributed by atoms with E-state index in [0.717, 1.165) is 11.1 Å². The summed E-state index contributed by atoms with van der Waals surface area (Å²) in [6.45, 7) is 6.89. The summed E-state index contributed by atoms with van der Waals surface area (Å²) in [6.07, 6.45) is 1.31. The van der Waals surface area contributed by atoms with E-state index in [9.17, 15) is 8.78 Å². The minimum Gasteiger partial charge on any atom is -0.197 e. The average Bonchev–Trinajstić information content (AvgIpc) is 2.17. The Hall–Kier alpha value is -1.18. The largest absolute Gasteiger partial charge is 0.291 e. The Kier molecular flexibility index (Phi) is 3.04. The monoisotopic (exact) mass is 196 g/mol. The molecule has 1 aromatic carbocycles. The first-order valence-corrected chi connectivity index (χ1v) is 4.63. The molecule has 0 radical (unpaired) electrons. The molecule has 0 aliphatic rings. The minimum absolute atomic E-state index is 0.0787. The third-order valence-electron chi connectivity index (χ3n) is 2.38. The standard InChI is InChI=1S/C12H14F2/c1-4-10-9(3)7-6-8-11(10)12(13,14)5-2/h5-8H,2,4H2,1,3H3. The number of halogens is 2. The van der Waals surface area contributed by atoms with Gasteiger partial charge in [0, 0.05) is 5.56 Å². The van der Waals surface area contributed by atoms with Crippen LogP contribution in [0.2, 0.25) is 0 Å². The highest BCUT2D eigenvalue weighted by atomic mass is 19.3. The molecule has 0 atom stereocenters. The van der Waals surface area contributed by atoms with Gasteiger partial charge in [-0.2, -0.15) is 8.78 Å². The van der Waals surface area contributed by atoms with E-state index in [-0.39, 0.29) is 5.56 Å². The second-order valence-electron chi connectivity index (χ2n) is 3.28. The fourth-order valence-corrected chi connectivity index (χ4v) is 1.59. The van der Waals surface area contributed by atoms with Crippen molar-refractivity contribution in [3.05, 3.63) is 47.5 Å². The Morgan fingerprint density at radius 3 is 2.57 bits per heavy atom. The van der Waals surface area contributed by atoms with Crippen molar-refractivity contribution in [2.75, 3.05) is 0 Å². The lowest BCUT2D eigenvalue weighted by Crippen LogP contribution is -2.12. The Labute approximate surface area is 83.3 Å². The highest BCUT2D eigenvalue weighted by Crippen LogP contribution is 2.33. The number of benzene rings is 1. The van der Waals surface area contributed by atoms with Gasteiger partial charge in [-0.1, -0.05) is 31.7 Å². The second-order valence-corrected chi connectivity index (χ2v) is 3.28. The smallest absolute Gasteiger partial charge is 0.197 e. The summed E-state index contributed by atoms with van der Waals surface area (Å²) in [5.74, 6) is -2.92. The second kappa shape index (κ2) is 3.91. The van der Waals surface area contributed by atoms with Crippen molar-refractivity contribution in [1.29, 1.82) is 0 Å². The zero-order valence-corrected chi connectivity index (χ0v) is 8.48. The van der Waals surface area contributed by atoms with Crippen molar-refractivity contribution < 1.29 is 8.78 Å². The van der Waals surface area contributed by atoms with Crippen LogP contribution in [0, 0.1) is 6.92 Å². The fraction of sp³-hybridized carbons (Fsp3) is 0.333. The van der Waals surface area contributed by atoms with Gasteiger partial charge in [0.1, 0.15) is 0 Å². The number of hydrogen-bond acceptors (Lipinski definition) is 0. The van der Waals surface area contributed by atoms with Crippen LogP contribution in [0.4, 0.5) is 8.78 Å². The maximum Gasteiger partial charge on any atom is 0.291 e. The molecule has 0 nitrogen and oxygen atoms in total. The molecular weight excluding hydrogens is 182 g/mol. The van der Waals surface area contributed by atoms with Crippen LogP contribution in [0.15, 0.2) is 30.9 Å². The number of rotatable bonds is 3. The van der Waals surface area contributed by atoms with Gasteiger partial charge in [-0.3, -0.25) is 0 Å². The van der Waals surface area contributed by atoms with Gasteiger partial charge in [0.25, 0.3) is 5.92 Å². The maximum absolute atomic E-state index is 13.4. The highest BCUT2D eigenvalue weighted by molar-refractivity contribution is 5.38. The Balaban J connectivity index is 3.34. The van der Waals surface area contributed by atoms with Crippen molar-refractivity contribution in [2.24, 2.45) is 0 Å². The van der Waals surface area contributed by atoms with Gasteiger partial charge in [0.15, 0.2) is 0 Å². The number of hydrogen-bond donors (Lipinski definition) is 0. The number of alkyl halides is 2. The molecule has 1 rings (SSSR count). The maximum atomic E-state index is 13.4. The van der Waals surface area contributed by atoms with Gasteiger partial charge in [-0.25, -0.2) is 0 Å². The van der Waals surface area contributed by atoms with Crippen LogP contribution in [0.3, 0.4) is 0 Å². The zero-order chi connectivity index (χ0) is 10.8. The molecule has 0 saturated heterocycles. The van der Waals surface area contributed by atoms with Crippen molar-refractivity contribution in [1.82, 2.24) is 0 Å². The lowest BCUT2D eigenvalue weighted by Gasteiger charge is -2.17. The molecule has 0 fully saturated rings. The zero-order valence-electron chi connectivity index (χ0n) is 8.48. The topological polar surface area (TPSA) is 0 Å². The minimum atomic E-state index is -2.92. The van der Waals surface area contributed by atoms with Gasteiger partial charge in [0.2, 0.25) is 0 Å². The van der Waals surface area contributed by atoms with E-state index < -0.39 is 5.92 Å². The van der Waals surface area contributed by atoms with Crippen molar-refractivity contribution in [3.8, 4) is 0 Å². The van der Waals surface area contributed by atoms with E-state index >= 15 is 0 Å². The van der Waals surface area contributed by atoms with E-state index in [1.807, 2.05) is 19.9 Å². The first-order chi connectivity index (χ1) is 6.53. The van der Waals surface area contributed by atoms with Gasteiger partial charge < -0.3 is 0 Å². The average molecular weight is 196 g/mol. The summed E-state index contributed by atoms with van der Waals surface area (Å²) in [5, 5.41) is 0. The number of allylic oxidation sites excluding steroid dienone is 1. The SMILES string of the molecule is C=CC(F)(F)c1cccc(C)c1CC. The van der Waals surface area contributed by atoms with E-state index in [0.29, 0.717) is 12.5 Å². The molecule has 76 valence electrons. The molecule has 0 N–H and O–H groups in total. The summed E-state index contributed by atoms with van der Waals surface area (Å²) in [4.78, 5) is 0. The van der Waals surface area contributed by atoms with Gasteiger partial charge in [-0.05, 0) is 30.5 Å². The van der Waals surface area contributed by atoms with Crippen LogP contribution in [-0.2, 0) is 12.3 Å². The van der Waals surface area contributed by atoms with E-state index in [1.165, 1.54) is 6.07 Å². The molecule has 0 saturated carbocycles. The van der Waals surface area contributed by atoms with Crippen LogP contribution in [0.5, 0.6) is 0 Å². The van der Waals surface area contributed by atoms with Gasteiger partial charge in [0.05, 0.1) is 0 Å². The molecule has 0 aliphatic carbocycles. The molecule has 0 aliphatic heterocycles. The molecule has 14 heavy (non-hydrogen) atoms. The normalized spacial score (nSPS) is 11.4. The van der Waals surface area contributed by atoms with Crippen molar-refractivity contribution in [3.63, 3.8) is 0 Å². The molecule has 1 aromatic rings. The summed E-state index contributed by atoms with van der Waals surface area (Å²) in [7, 11) is 0. The third-order valence-corrected chi connectivity index (χ3v) is 2.38. The predicted octanol–water partition coefficient (Wildman–Crippen LogP) is 3.84. The Morgan fingerprint density at radius 2 is 2.07 bits per heavy atom. The van der Waals surface area contributed by atoms with Crippen LogP contribution in [0.1, 0.15) is 23.6 Å². The first-order valence-electron chi connectivity index (χ1n) is 4.63. The van der Waals surface area contributed by atoms with E-state index in [2.05, 4.69) is 6.58 Å². The van der Waals surface area contributed by atoms with Crippen LogP contribution in [0.25, 0.3) is 0 Å². The van der Waals surface area contributed by atoms with Crippen molar-refractivity contribution in [2.45, 2.75) is 26.2 Å². The Morgan fingerprint density at radius 1 is 1.43 bits per heavy atom. The van der Waals surface area contributed by atoms with Gasteiger partial charge >= 0.3 is 0 Å². The molecule has 0 amide bonds. The molecule has 0 spiro atoms. The van der Waals surface area contributed by atoms with Crippen LogP contribution >= 0.6 is 0 Å². The summed E-state index contributed by atoms with van der Waals surface area (Å²) < 4.78 is 26.8. The van der Waals surface area contributed by atoms with Gasteiger partial charge in [-0.15, -0.1) is 0 Å². The predicted molar refractivity (Wildman–Crippen MR) is 54.6 cm³/mol. The fourth-order valence-electron chi connectivity index (χ4n) is 1.59. The molecule has 2 heteroatoms. The van der Waals surface area contributed by atoms with E-state index in [1.54, 1.807) is 6.07 Å². The first kappa shape index (κ1) is 10.9. The third kappa shape index (κ3) is 1.84. The number of aryl methyl sites for hydroxylation is 1. The molecule has 0 bridgehead atoms. The van der Waals surface area contributed by atoms with Crippen LogP contribution in [-0.4, -0.2) is 0 Å². The summed E-state index contributed by atoms with van der Waals surface area (Å²) in [5.41, 5.74) is 1.71. The summed E-state index contributed by atoms with van der Waals surface area (Å²) >= 11 is 0. The lowest BCUT2D eigenvalue weighted by atomic mass is 9.95. The lowest BCUT2D eigenvalue weighted by molar-refractivity contribution is 0.0515. The molecule has 0 unspecified atom stereocenters. The quantitative estimate of drug-likeness (QED) is 0.644. The molecular formula is C12H14F2. The Bertz CT molecular complexity index is 340. The molecule has 0 heterocycles. The summed E-state index contributed by atoms with van der Waals surface area (Å²) in [6, 6.07) is 4.97. The van der Waals surface area contributed by atoms with E-state index in [4.69, 9.17) is 0 Å².